The quantitative estimate of drug-likeness (QED) is 0.660. The first-order chi connectivity index (χ1) is 16.5. The molecule has 4 fully saturated rings. The van der Waals surface area contributed by atoms with E-state index >= 15 is 0 Å². The van der Waals surface area contributed by atoms with Gasteiger partial charge < -0.3 is 19.9 Å². The smallest absolute Gasteiger partial charge is 0.255 e. The number of carbonyl (C=O) groups is 3. The summed E-state index contributed by atoms with van der Waals surface area (Å²) in [6.45, 7) is 4.64. The predicted molar refractivity (Wildman–Crippen MR) is 126 cm³/mol. The highest BCUT2D eigenvalue weighted by Crippen LogP contribution is 2.49. The zero-order chi connectivity index (χ0) is 23.3. The molecule has 182 valence electrons. The van der Waals surface area contributed by atoms with E-state index in [4.69, 9.17) is 4.74 Å². The highest BCUT2D eigenvalue weighted by molar-refractivity contribution is 6.05. The van der Waals surface area contributed by atoms with Crippen LogP contribution in [0.25, 0.3) is 0 Å². The Hall–Kier alpha value is -2.45. The van der Waals surface area contributed by atoms with Crippen LogP contribution in [0.3, 0.4) is 0 Å². The molecule has 1 atom stereocenters. The largest absolute Gasteiger partial charge is 0.375 e. The molecule has 8 nitrogen and oxygen atoms in total. The van der Waals surface area contributed by atoms with E-state index in [1.165, 1.54) is 25.7 Å². The Morgan fingerprint density at radius 1 is 0.971 bits per heavy atom. The third-order valence-electron chi connectivity index (χ3n) is 8.68. The molecule has 34 heavy (non-hydrogen) atoms. The molecule has 0 bridgehead atoms. The normalized spacial score (nSPS) is 27.6. The van der Waals surface area contributed by atoms with Gasteiger partial charge in [-0.05, 0) is 87.2 Å². The number of benzene rings is 1. The summed E-state index contributed by atoms with van der Waals surface area (Å²) in [5, 5.41) is 5.83. The summed E-state index contributed by atoms with van der Waals surface area (Å²) in [4.78, 5) is 40.7. The molecule has 5 aliphatic rings. The standard InChI is InChI=1S/C26H34N4O4/c31-23-4-3-22(24(32)28-23)30-16-17-13-18(1-2-21(17)25(30)33)29-11-5-19(6-12-29)34-20-14-26(15-20)7-9-27-10-8-26/h1-2,13,19-20,22,27H,3-12,14-16H2,(H,28,31,32). The molecule has 1 aromatic carbocycles. The van der Waals surface area contributed by atoms with Gasteiger partial charge in [0, 0.05) is 37.3 Å². The number of nitrogens with one attached hydrogen (secondary N) is 2. The van der Waals surface area contributed by atoms with Crippen LogP contribution in [-0.4, -0.2) is 67.1 Å². The molecule has 2 N–H and O–H groups in total. The van der Waals surface area contributed by atoms with Crippen molar-refractivity contribution in [2.45, 2.75) is 76.2 Å². The van der Waals surface area contributed by atoms with Gasteiger partial charge in [0.1, 0.15) is 6.04 Å². The third-order valence-corrected chi connectivity index (χ3v) is 8.68. The maximum absolute atomic E-state index is 12.9. The van der Waals surface area contributed by atoms with Gasteiger partial charge in [-0.1, -0.05) is 0 Å². The Kier molecular flexibility index (Phi) is 5.60. The number of hydrogen-bond donors (Lipinski definition) is 2. The van der Waals surface area contributed by atoms with E-state index in [2.05, 4.69) is 21.6 Å². The van der Waals surface area contributed by atoms with Gasteiger partial charge in [0.05, 0.1) is 12.2 Å². The number of hydrogen-bond acceptors (Lipinski definition) is 6. The van der Waals surface area contributed by atoms with Gasteiger partial charge in [-0.2, -0.15) is 0 Å². The Morgan fingerprint density at radius 3 is 2.47 bits per heavy atom. The summed E-state index contributed by atoms with van der Waals surface area (Å²) in [6, 6.07) is 5.46. The second-order valence-corrected chi connectivity index (χ2v) is 10.8. The zero-order valence-electron chi connectivity index (χ0n) is 19.7. The third kappa shape index (κ3) is 4.01. The lowest BCUT2D eigenvalue weighted by molar-refractivity contribution is -0.136. The molecule has 4 heterocycles. The lowest BCUT2D eigenvalue weighted by Crippen LogP contribution is -2.52. The number of ether oxygens (including phenoxy) is 1. The summed E-state index contributed by atoms with van der Waals surface area (Å²) in [5.41, 5.74) is 3.32. The van der Waals surface area contributed by atoms with Crippen LogP contribution in [0, 0.1) is 5.41 Å². The van der Waals surface area contributed by atoms with Gasteiger partial charge in [-0.25, -0.2) is 0 Å². The van der Waals surface area contributed by atoms with Crippen LogP contribution < -0.4 is 15.5 Å². The second kappa shape index (κ2) is 8.64. The average molecular weight is 467 g/mol. The molecule has 1 unspecified atom stereocenters. The van der Waals surface area contributed by atoms with E-state index in [0.717, 1.165) is 50.3 Å². The molecule has 8 heteroatoms. The Morgan fingerprint density at radius 2 is 1.74 bits per heavy atom. The minimum atomic E-state index is -0.565. The van der Waals surface area contributed by atoms with Gasteiger partial charge in [0.2, 0.25) is 11.8 Å². The molecule has 1 saturated carbocycles. The van der Waals surface area contributed by atoms with Crippen LogP contribution in [0.15, 0.2) is 18.2 Å². The SMILES string of the molecule is O=C1CCC(N2Cc3cc(N4CCC(OC5CC6(CCNCC6)C5)CC4)ccc3C2=O)C(=O)N1. The van der Waals surface area contributed by atoms with E-state index in [-0.39, 0.29) is 24.1 Å². The summed E-state index contributed by atoms with van der Waals surface area (Å²) in [5.74, 6) is -0.740. The van der Waals surface area contributed by atoms with E-state index in [0.29, 0.717) is 36.2 Å². The topological polar surface area (TPSA) is 91.0 Å². The highest BCUT2D eigenvalue weighted by Gasteiger charge is 2.46. The van der Waals surface area contributed by atoms with E-state index in [1.807, 2.05) is 12.1 Å². The first-order valence-electron chi connectivity index (χ1n) is 12.9. The fraction of sp³-hybridized carbons (Fsp3) is 0.654. The number of anilines is 1. The molecule has 6 rings (SSSR count). The van der Waals surface area contributed by atoms with E-state index in [1.54, 1.807) is 4.90 Å². The molecular formula is C26H34N4O4. The average Bonchev–Trinajstić information content (AvgIpc) is 3.15. The van der Waals surface area contributed by atoms with Crippen molar-refractivity contribution in [2.24, 2.45) is 5.41 Å². The monoisotopic (exact) mass is 466 g/mol. The number of nitrogens with zero attached hydrogens (tertiary/aromatic N) is 2. The Bertz CT molecular complexity index is 989. The minimum absolute atomic E-state index is 0.116. The van der Waals surface area contributed by atoms with Gasteiger partial charge in [-0.3, -0.25) is 19.7 Å². The fourth-order valence-corrected chi connectivity index (χ4v) is 6.65. The molecular weight excluding hydrogens is 432 g/mol. The van der Waals surface area contributed by atoms with Crippen molar-refractivity contribution in [3.05, 3.63) is 29.3 Å². The van der Waals surface area contributed by atoms with Gasteiger partial charge in [0.15, 0.2) is 0 Å². The van der Waals surface area contributed by atoms with Crippen LogP contribution >= 0.6 is 0 Å². The first-order valence-corrected chi connectivity index (χ1v) is 12.9. The van der Waals surface area contributed by atoms with Crippen molar-refractivity contribution >= 4 is 23.4 Å². The van der Waals surface area contributed by atoms with Crippen molar-refractivity contribution < 1.29 is 19.1 Å². The van der Waals surface area contributed by atoms with Crippen LogP contribution in [0.1, 0.15) is 67.3 Å². The number of piperidine rings is 3. The molecule has 0 radical (unpaired) electrons. The molecule has 0 aromatic heterocycles. The lowest BCUT2D eigenvalue weighted by Gasteiger charge is -2.51. The fourth-order valence-electron chi connectivity index (χ4n) is 6.65. The van der Waals surface area contributed by atoms with Crippen LogP contribution in [0.4, 0.5) is 5.69 Å². The van der Waals surface area contributed by atoms with Crippen molar-refractivity contribution in [1.29, 1.82) is 0 Å². The summed E-state index contributed by atoms with van der Waals surface area (Å²) in [7, 11) is 0. The van der Waals surface area contributed by atoms with E-state index < -0.39 is 6.04 Å². The first kappa shape index (κ1) is 22.0. The summed E-state index contributed by atoms with van der Waals surface area (Å²) < 4.78 is 6.47. The lowest BCUT2D eigenvalue weighted by atomic mass is 9.61. The maximum Gasteiger partial charge on any atom is 0.255 e. The van der Waals surface area contributed by atoms with Crippen molar-refractivity contribution in [3.8, 4) is 0 Å². The van der Waals surface area contributed by atoms with Gasteiger partial charge in [-0.15, -0.1) is 0 Å². The number of imide groups is 1. The van der Waals surface area contributed by atoms with Crippen molar-refractivity contribution in [1.82, 2.24) is 15.5 Å². The Labute approximate surface area is 200 Å². The molecule has 1 aromatic rings. The van der Waals surface area contributed by atoms with Gasteiger partial charge in [0.25, 0.3) is 5.91 Å². The zero-order valence-corrected chi connectivity index (χ0v) is 19.7. The van der Waals surface area contributed by atoms with Crippen LogP contribution in [0.5, 0.6) is 0 Å². The second-order valence-electron chi connectivity index (χ2n) is 10.8. The van der Waals surface area contributed by atoms with E-state index in [9.17, 15) is 14.4 Å². The minimum Gasteiger partial charge on any atom is -0.375 e. The number of carbonyl (C=O) groups excluding carboxylic acids is 3. The molecule has 3 saturated heterocycles. The number of fused-ring (bicyclic) bond motifs is 1. The Balaban J connectivity index is 1.03. The van der Waals surface area contributed by atoms with Crippen LogP contribution in [-0.2, 0) is 20.9 Å². The van der Waals surface area contributed by atoms with Crippen molar-refractivity contribution in [2.75, 3.05) is 31.1 Å². The summed E-state index contributed by atoms with van der Waals surface area (Å²) in [6.07, 6.45) is 8.59. The number of amides is 3. The molecule has 1 aliphatic carbocycles. The molecule has 1 spiro atoms. The maximum atomic E-state index is 12.9. The predicted octanol–water partition coefficient (Wildman–Crippen LogP) is 1.97. The molecule has 4 aliphatic heterocycles. The highest BCUT2D eigenvalue weighted by atomic mass is 16.5. The summed E-state index contributed by atoms with van der Waals surface area (Å²) >= 11 is 0. The van der Waals surface area contributed by atoms with Crippen molar-refractivity contribution in [3.63, 3.8) is 0 Å². The van der Waals surface area contributed by atoms with Gasteiger partial charge >= 0.3 is 0 Å². The molecule has 3 amide bonds. The number of rotatable bonds is 4. The van der Waals surface area contributed by atoms with Crippen LogP contribution in [0.2, 0.25) is 0 Å².